The van der Waals surface area contributed by atoms with E-state index in [-0.39, 0.29) is 22.9 Å². The summed E-state index contributed by atoms with van der Waals surface area (Å²) >= 11 is 0. The number of anilines is 1. The van der Waals surface area contributed by atoms with E-state index in [4.69, 9.17) is 5.73 Å². The molecule has 1 aromatic rings. The van der Waals surface area contributed by atoms with Crippen molar-refractivity contribution < 1.29 is 9.32 Å². The normalized spacial score (nSPS) is 19.1. The van der Waals surface area contributed by atoms with Gasteiger partial charge in [-0.25, -0.2) is 0 Å². The van der Waals surface area contributed by atoms with Crippen molar-refractivity contribution in [3.63, 3.8) is 0 Å². The quantitative estimate of drug-likeness (QED) is 0.717. The Hall–Kier alpha value is -1.52. The number of carbonyl (C=O) groups excluding carboxylic acids is 1. The van der Waals surface area contributed by atoms with Crippen LogP contribution in [0, 0.1) is 5.41 Å². The lowest BCUT2D eigenvalue weighted by atomic mass is 9.84. The maximum absolute atomic E-state index is 11.7. The minimum Gasteiger partial charge on any atom is -0.368 e. The molecule has 0 radical (unpaired) electrons. The van der Waals surface area contributed by atoms with Crippen LogP contribution < -0.4 is 5.73 Å². The van der Waals surface area contributed by atoms with E-state index in [1.165, 1.54) is 6.07 Å². The maximum Gasteiger partial charge on any atom is 0.276 e. The second kappa shape index (κ2) is 2.73. The summed E-state index contributed by atoms with van der Waals surface area (Å²) in [5.41, 5.74) is 5.85. The lowest BCUT2D eigenvalue weighted by Crippen LogP contribution is -2.55. The van der Waals surface area contributed by atoms with Gasteiger partial charge >= 0.3 is 0 Å². The second-order valence-electron chi connectivity index (χ2n) is 4.44. The number of rotatable bonds is 1. The second-order valence-corrected chi connectivity index (χ2v) is 4.44. The van der Waals surface area contributed by atoms with Crippen LogP contribution >= 0.6 is 0 Å². The van der Waals surface area contributed by atoms with Gasteiger partial charge in [-0.3, -0.25) is 4.79 Å². The summed E-state index contributed by atoms with van der Waals surface area (Å²) < 4.78 is 4.64. The number of nitrogens with zero attached hydrogens (tertiary/aromatic N) is 2. The zero-order valence-electron chi connectivity index (χ0n) is 8.28. The van der Waals surface area contributed by atoms with Crippen LogP contribution in [0.1, 0.15) is 24.3 Å². The van der Waals surface area contributed by atoms with Gasteiger partial charge < -0.3 is 15.2 Å². The summed E-state index contributed by atoms with van der Waals surface area (Å²) in [5.74, 6) is 0.0675. The molecule has 0 saturated carbocycles. The SMILES string of the molecule is CC1(C)CN(C(=O)c2cc(N)on2)C1. The molecular formula is C9H13N3O2. The lowest BCUT2D eigenvalue weighted by Gasteiger charge is -2.45. The van der Waals surface area contributed by atoms with Gasteiger partial charge in [0, 0.05) is 19.2 Å². The van der Waals surface area contributed by atoms with Gasteiger partial charge in [-0.2, -0.15) is 0 Å². The minimum atomic E-state index is -0.107. The molecule has 1 amide bonds. The molecule has 1 fully saturated rings. The molecule has 0 bridgehead atoms. The van der Waals surface area contributed by atoms with Gasteiger partial charge in [-0.15, -0.1) is 0 Å². The van der Waals surface area contributed by atoms with Crippen LogP contribution in [0.5, 0.6) is 0 Å². The number of aromatic nitrogens is 1. The summed E-state index contributed by atoms with van der Waals surface area (Å²) in [6.45, 7) is 5.76. The van der Waals surface area contributed by atoms with Crippen molar-refractivity contribution >= 4 is 11.8 Å². The Bertz CT molecular complexity index is 362. The highest BCUT2D eigenvalue weighted by Gasteiger charge is 2.38. The van der Waals surface area contributed by atoms with E-state index in [9.17, 15) is 4.79 Å². The third-order valence-electron chi connectivity index (χ3n) is 2.27. The van der Waals surface area contributed by atoms with Gasteiger partial charge in [0.05, 0.1) is 0 Å². The summed E-state index contributed by atoms with van der Waals surface area (Å²) in [4.78, 5) is 13.4. The van der Waals surface area contributed by atoms with E-state index in [0.29, 0.717) is 0 Å². The molecule has 0 aliphatic carbocycles. The van der Waals surface area contributed by atoms with Crippen LogP contribution in [-0.2, 0) is 0 Å². The van der Waals surface area contributed by atoms with Crippen LogP contribution in [0.15, 0.2) is 10.6 Å². The Balaban J connectivity index is 2.04. The standard InChI is InChI=1S/C9H13N3O2/c1-9(2)4-12(5-9)8(13)6-3-7(10)14-11-6/h3H,4-5,10H2,1-2H3. The predicted molar refractivity (Wildman–Crippen MR) is 50.6 cm³/mol. The van der Waals surface area contributed by atoms with E-state index in [0.717, 1.165) is 13.1 Å². The molecule has 2 N–H and O–H groups in total. The fraction of sp³-hybridized carbons (Fsp3) is 0.556. The number of likely N-dealkylation sites (tertiary alicyclic amines) is 1. The number of amides is 1. The monoisotopic (exact) mass is 195 g/mol. The van der Waals surface area contributed by atoms with Gasteiger partial charge in [0.15, 0.2) is 5.69 Å². The Labute approximate surface area is 81.8 Å². The first kappa shape index (κ1) is 9.05. The first-order valence-corrected chi connectivity index (χ1v) is 4.49. The summed E-state index contributed by atoms with van der Waals surface area (Å²) in [6.07, 6.45) is 0. The summed E-state index contributed by atoms with van der Waals surface area (Å²) in [7, 11) is 0. The van der Waals surface area contributed by atoms with Crippen molar-refractivity contribution in [1.29, 1.82) is 0 Å². The Morgan fingerprint density at radius 2 is 2.29 bits per heavy atom. The fourth-order valence-electron chi connectivity index (χ4n) is 1.68. The fourth-order valence-corrected chi connectivity index (χ4v) is 1.68. The smallest absolute Gasteiger partial charge is 0.276 e. The predicted octanol–water partition coefficient (Wildman–Crippen LogP) is 0.739. The molecule has 1 saturated heterocycles. The van der Waals surface area contributed by atoms with Crippen molar-refractivity contribution in [1.82, 2.24) is 10.1 Å². The van der Waals surface area contributed by atoms with Crippen LogP contribution in [0.4, 0.5) is 5.88 Å². The molecule has 0 spiro atoms. The molecule has 5 heteroatoms. The number of hydrogen-bond donors (Lipinski definition) is 1. The molecule has 0 aromatic carbocycles. The van der Waals surface area contributed by atoms with E-state index < -0.39 is 0 Å². The number of carbonyl (C=O) groups is 1. The summed E-state index contributed by atoms with van der Waals surface area (Å²) in [5, 5.41) is 3.58. The molecule has 14 heavy (non-hydrogen) atoms. The average Bonchev–Trinajstić information content (AvgIpc) is 2.46. The van der Waals surface area contributed by atoms with E-state index in [2.05, 4.69) is 23.5 Å². The number of nitrogen functional groups attached to an aromatic ring is 1. The molecule has 1 aliphatic heterocycles. The molecule has 76 valence electrons. The number of nitrogens with two attached hydrogens (primary N) is 1. The Morgan fingerprint density at radius 3 is 2.71 bits per heavy atom. The lowest BCUT2D eigenvalue weighted by molar-refractivity contribution is 0.0227. The molecule has 1 aliphatic rings. The van der Waals surface area contributed by atoms with E-state index in [1.54, 1.807) is 4.90 Å². The van der Waals surface area contributed by atoms with Crippen molar-refractivity contribution in [2.75, 3.05) is 18.8 Å². The van der Waals surface area contributed by atoms with Gasteiger partial charge in [-0.1, -0.05) is 19.0 Å². The van der Waals surface area contributed by atoms with E-state index >= 15 is 0 Å². The molecule has 5 nitrogen and oxygen atoms in total. The third kappa shape index (κ3) is 1.45. The first-order valence-electron chi connectivity index (χ1n) is 4.49. The first-order chi connectivity index (χ1) is 6.48. The van der Waals surface area contributed by atoms with E-state index in [1.807, 2.05) is 0 Å². The maximum atomic E-state index is 11.7. The number of hydrogen-bond acceptors (Lipinski definition) is 4. The Kier molecular flexibility index (Phi) is 1.77. The van der Waals surface area contributed by atoms with Gasteiger partial charge in [0.2, 0.25) is 5.88 Å². The molecular weight excluding hydrogens is 182 g/mol. The molecule has 1 aromatic heterocycles. The van der Waals surface area contributed by atoms with Crippen molar-refractivity contribution in [3.8, 4) is 0 Å². The minimum absolute atomic E-state index is 0.107. The zero-order chi connectivity index (χ0) is 10.3. The van der Waals surface area contributed by atoms with Crippen LogP contribution in [0.25, 0.3) is 0 Å². The van der Waals surface area contributed by atoms with Crippen LogP contribution in [0.2, 0.25) is 0 Å². The zero-order valence-corrected chi connectivity index (χ0v) is 8.28. The average molecular weight is 195 g/mol. The molecule has 2 rings (SSSR count). The van der Waals surface area contributed by atoms with Gasteiger partial charge in [0.25, 0.3) is 5.91 Å². The Morgan fingerprint density at radius 1 is 1.64 bits per heavy atom. The van der Waals surface area contributed by atoms with Crippen molar-refractivity contribution in [2.24, 2.45) is 5.41 Å². The third-order valence-corrected chi connectivity index (χ3v) is 2.27. The van der Waals surface area contributed by atoms with Crippen LogP contribution in [-0.4, -0.2) is 29.1 Å². The summed E-state index contributed by atoms with van der Waals surface area (Å²) in [6, 6.07) is 1.45. The van der Waals surface area contributed by atoms with Gasteiger partial charge in [0.1, 0.15) is 0 Å². The van der Waals surface area contributed by atoms with Crippen molar-refractivity contribution in [2.45, 2.75) is 13.8 Å². The van der Waals surface area contributed by atoms with Gasteiger partial charge in [-0.05, 0) is 5.41 Å². The highest BCUT2D eigenvalue weighted by molar-refractivity contribution is 5.93. The molecule has 0 unspecified atom stereocenters. The topological polar surface area (TPSA) is 72.4 Å². The highest BCUT2D eigenvalue weighted by atomic mass is 16.5. The molecule has 0 atom stereocenters. The largest absolute Gasteiger partial charge is 0.368 e. The van der Waals surface area contributed by atoms with Crippen LogP contribution in [0.3, 0.4) is 0 Å². The molecule has 2 heterocycles. The van der Waals surface area contributed by atoms with Crippen molar-refractivity contribution in [3.05, 3.63) is 11.8 Å². The highest BCUT2D eigenvalue weighted by Crippen LogP contribution is 2.29.